The molecule has 1 fully saturated rings. The Labute approximate surface area is 165 Å². The molecule has 1 aliphatic heterocycles. The van der Waals surface area contributed by atoms with Crippen molar-refractivity contribution in [1.82, 2.24) is 9.21 Å². The zero-order valence-corrected chi connectivity index (χ0v) is 15.8. The van der Waals surface area contributed by atoms with Crippen LogP contribution in [0.1, 0.15) is 10.4 Å². The first kappa shape index (κ1) is 20.4. The molecule has 0 spiro atoms. The third kappa shape index (κ3) is 4.07. The van der Waals surface area contributed by atoms with Crippen LogP contribution in [0.3, 0.4) is 0 Å². The minimum absolute atomic E-state index is 0.00565. The average Bonchev–Trinajstić information content (AvgIpc) is 2.73. The van der Waals surface area contributed by atoms with Crippen LogP contribution >= 0.6 is 0 Å². The molecule has 29 heavy (non-hydrogen) atoms. The Kier molecular flexibility index (Phi) is 5.57. The van der Waals surface area contributed by atoms with E-state index in [1.54, 1.807) is 0 Å². The van der Waals surface area contributed by atoms with Crippen LogP contribution in [0.2, 0.25) is 0 Å². The lowest BCUT2D eigenvalue weighted by Crippen LogP contribution is -2.50. The van der Waals surface area contributed by atoms with Gasteiger partial charge in [0.15, 0.2) is 0 Å². The number of para-hydroxylation sites is 1. The summed E-state index contributed by atoms with van der Waals surface area (Å²) in [7, 11) is -3.88. The van der Waals surface area contributed by atoms with Crippen LogP contribution in [0.5, 0.6) is 0 Å². The molecule has 1 heterocycles. The minimum atomic E-state index is -3.88. The van der Waals surface area contributed by atoms with E-state index in [9.17, 15) is 33.4 Å². The predicted molar refractivity (Wildman–Crippen MR) is 101 cm³/mol. The lowest BCUT2D eigenvalue weighted by atomic mass is 10.1. The summed E-state index contributed by atoms with van der Waals surface area (Å²) in [5.74, 6) is -0.537. The molecule has 0 unspecified atom stereocenters. The topological polar surface area (TPSA) is 144 Å². The standard InChI is InChI=1S/C17H16N4O7S/c22-17(15-3-1-2-4-16(15)21(25)26)18-9-11-19(12-10-18)29(27,28)14-7-5-13(6-8-14)20(23)24/h1-8H,9-12H2. The second-order valence-corrected chi connectivity index (χ2v) is 8.16. The van der Waals surface area contributed by atoms with Gasteiger partial charge in [0.2, 0.25) is 10.0 Å². The van der Waals surface area contributed by atoms with Gasteiger partial charge in [0, 0.05) is 44.4 Å². The summed E-state index contributed by atoms with van der Waals surface area (Å²) in [4.78, 5) is 34.5. The van der Waals surface area contributed by atoms with Crippen LogP contribution in [-0.4, -0.2) is 59.6 Å². The highest BCUT2D eigenvalue weighted by Crippen LogP contribution is 2.23. The number of carbonyl (C=O) groups excluding carboxylic acids is 1. The molecule has 0 N–H and O–H groups in total. The summed E-state index contributed by atoms with van der Waals surface area (Å²) in [5.41, 5.74) is -0.577. The van der Waals surface area contributed by atoms with E-state index in [-0.39, 0.29) is 48.0 Å². The maximum atomic E-state index is 12.7. The van der Waals surface area contributed by atoms with Crippen molar-refractivity contribution in [3.05, 3.63) is 74.3 Å². The maximum Gasteiger partial charge on any atom is 0.282 e. The number of sulfonamides is 1. The van der Waals surface area contributed by atoms with Crippen molar-refractivity contribution in [3.63, 3.8) is 0 Å². The smallest absolute Gasteiger partial charge is 0.282 e. The normalized spacial score (nSPS) is 15.1. The fraction of sp³-hybridized carbons (Fsp3) is 0.235. The number of hydrogen-bond donors (Lipinski definition) is 0. The van der Waals surface area contributed by atoms with Gasteiger partial charge in [-0.2, -0.15) is 4.31 Å². The van der Waals surface area contributed by atoms with E-state index < -0.39 is 25.8 Å². The highest BCUT2D eigenvalue weighted by molar-refractivity contribution is 7.89. The van der Waals surface area contributed by atoms with Crippen molar-refractivity contribution in [3.8, 4) is 0 Å². The first-order chi connectivity index (χ1) is 13.7. The highest BCUT2D eigenvalue weighted by Gasteiger charge is 2.32. The van der Waals surface area contributed by atoms with Crippen LogP contribution in [0.15, 0.2) is 53.4 Å². The number of amides is 1. The minimum Gasteiger partial charge on any atom is -0.336 e. The molecule has 1 saturated heterocycles. The van der Waals surface area contributed by atoms with Crippen molar-refractivity contribution >= 4 is 27.3 Å². The van der Waals surface area contributed by atoms with Gasteiger partial charge in [-0.05, 0) is 18.2 Å². The van der Waals surface area contributed by atoms with E-state index in [2.05, 4.69) is 0 Å². The molecular weight excluding hydrogens is 404 g/mol. The van der Waals surface area contributed by atoms with Crippen LogP contribution < -0.4 is 0 Å². The Hall–Kier alpha value is -3.38. The largest absolute Gasteiger partial charge is 0.336 e. The van der Waals surface area contributed by atoms with E-state index in [0.717, 1.165) is 12.1 Å². The first-order valence-corrected chi connectivity index (χ1v) is 9.93. The third-order valence-corrected chi connectivity index (χ3v) is 6.46. The second kappa shape index (κ2) is 7.93. The second-order valence-electron chi connectivity index (χ2n) is 6.22. The van der Waals surface area contributed by atoms with Gasteiger partial charge >= 0.3 is 0 Å². The summed E-state index contributed by atoms with van der Waals surface area (Å²) >= 11 is 0. The van der Waals surface area contributed by atoms with E-state index in [1.165, 1.54) is 45.6 Å². The Bertz CT molecular complexity index is 1060. The molecule has 0 bridgehead atoms. The molecule has 3 rings (SSSR count). The molecule has 0 saturated carbocycles. The number of rotatable bonds is 5. The summed E-state index contributed by atoms with van der Waals surface area (Å²) in [5, 5.41) is 21.8. The molecule has 1 aliphatic rings. The number of nitro benzene ring substituents is 2. The van der Waals surface area contributed by atoms with Crippen LogP contribution in [0, 0.1) is 20.2 Å². The van der Waals surface area contributed by atoms with Crippen molar-refractivity contribution in [2.24, 2.45) is 0 Å². The van der Waals surface area contributed by atoms with Gasteiger partial charge in [0.25, 0.3) is 17.3 Å². The SMILES string of the molecule is O=C(c1ccccc1[N+](=O)[O-])N1CCN(S(=O)(=O)c2ccc([N+](=O)[O-])cc2)CC1. The Morgan fingerprint density at radius 1 is 0.862 bits per heavy atom. The molecule has 2 aromatic rings. The zero-order valence-electron chi connectivity index (χ0n) is 15.0. The van der Waals surface area contributed by atoms with E-state index in [4.69, 9.17) is 0 Å². The third-order valence-electron chi connectivity index (χ3n) is 4.54. The van der Waals surface area contributed by atoms with E-state index in [1.807, 2.05) is 0 Å². The number of hydrogen-bond acceptors (Lipinski definition) is 7. The number of non-ortho nitro benzene ring substituents is 1. The molecule has 2 aromatic carbocycles. The van der Waals surface area contributed by atoms with E-state index in [0.29, 0.717) is 0 Å². The average molecular weight is 420 g/mol. The van der Waals surface area contributed by atoms with Gasteiger partial charge in [-0.15, -0.1) is 0 Å². The first-order valence-electron chi connectivity index (χ1n) is 8.49. The van der Waals surface area contributed by atoms with E-state index >= 15 is 0 Å². The van der Waals surface area contributed by atoms with Crippen LogP contribution in [-0.2, 0) is 10.0 Å². The van der Waals surface area contributed by atoms with Crippen molar-refractivity contribution in [2.75, 3.05) is 26.2 Å². The number of nitro groups is 2. The Balaban J connectivity index is 1.72. The maximum absolute atomic E-state index is 12.7. The monoisotopic (exact) mass is 420 g/mol. The van der Waals surface area contributed by atoms with Gasteiger partial charge in [0.1, 0.15) is 5.56 Å². The molecule has 1 amide bonds. The number of carbonyl (C=O) groups is 1. The number of piperazine rings is 1. The van der Waals surface area contributed by atoms with Crippen LogP contribution in [0.4, 0.5) is 11.4 Å². The quantitative estimate of drug-likeness (QED) is 0.528. The summed E-state index contributed by atoms with van der Waals surface area (Å²) < 4.78 is 26.6. The lowest BCUT2D eigenvalue weighted by molar-refractivity contribution is -0.385. The number of nitrogens with zero attached hydrogens (tertiary/aromatic N) is 4. The Morgan fingerprint density at radius 2 is 1.45 bits per heavy atom. The van der Waals surface area contributed by atoms with Gasteiger partial charge < -0.3 is 4.90 Å². The van der Waals surface area contributed by atoms with Crippen molar-refractivity contribution in [1.29, 1.82) is 0 Å². The van der Waals surface area contributed by atoms with Gasteiger partial charge in [0.05, 0.1) is 14.7 Å². The molecule has 0 aromatic heterocycles. The molecule has 152 valence electrons. The summed E-state index contributed by atoms with van der Waals surface area (Å²) in [6.45, 7) is 0.144. The fourth-order valence-electron chi connectivity index (χ4n) is 3.00. The molecule has 0 aliphatic carbocycles. The zero-order chi connectivity index (χ0) is 21.2. The summed E-state index contributed by atoms with van der Waals surface area (Å²) in [6.07, 6.45) is 0. The highest BCUT2D eigenvalue weighted by atomic mass is 32.2. The molecule has 12 heteroatoms. The van der Waals surface area contributed by atoms with Crippen molar-refractivity contribution in [2.45, 2.75) is 4.90 Å². The lowest BCUT2D eigenvalue weighted by Gasteiger charge is -2.34. The van der Waals surface area contributed by atoms with Gasteiger partial charge in [-0.3, -0.25) is 25.0 Å². The van der Waals surface area contributed by atoms with Crippen molar-refractivity contribution < 1.29 is 23.1 Å². The fourth-order valence-corrected chi connectivity index (χ4v) is 4.43. The summed E-state index contributed by atoms with van der Waals surface area (Å²) in [6, 6.07) is 10.1. The molecular formula is C17H16N4O7S. The number of benzene rings is 2. The van der Waals surface area contributed by atoms with Crippen LogP contribution in [0.25, 0.3) is 0 Å². The van der Waals surface area contributed by atoms with Gasteiger partial charge in [-0.1, -0.05) is 12.1 Å². The van der Waals surface area contributed by atoms with Gasteiger partial charge in [-0.25, -0.2) is 8.42 Å². The molecule has 0 atom stereocenters. The molecule has 11 nitrogen and oxygen atoms in total. The Morgan fingerprint density at radius 3 is 2.00 bits per heavy atom. The molecule has 0 radical (unpaired) electrons. The predicted octanol–water partition coefficient (Wildman–Crippen LogP) is 1.65.